The fourth-order valence-electron chi connectivity index (χ4n) is 4.42. The van der Waals surface area contributed by atoms with E-state index in [1.807, 2.05) is 0 Å². The second-order valence-corrected chi connectivity index (χ2v) is 10.8. The first-order valence-corrected chi connectivity index (χ1v) is 17.5. The minimum absolute atomic E-state index is 0.318. The van der Waals surface area contributed by atoms with E-state index in [9.17, 15) is 0 Å². The fourth-order valence-corrected chi connectivity index (χ4v) is 4.42. The summed E-state index contributed by atoms with van der Waals surface area (Å²) in [4.78, 5) is 0. The zero-order valence-corrected chi connectivity index (χ0v) is 28.0. The van der Waals surface area contributed by atoms with Crippen LogP contribution in [-0.4, -0.2) is 106 Å². The largest absolute Gasteiger partial charge is 0.379 e. The Balaban J connectivity index is 3.03. The number of terminal acetylenes is 1. The van der Waals surface area contributed by atoms with Crippen molar-refractivity contribution in [2.24, 2.45) is 0 Å². The van der Waals surface area contributed by atoms with Crippen LogP contribution in [0.5, 0.6) is 0 Å². The van der Waals surface area contributed by atoms with Crippen LogP contribution in [0.1, 0.15) is 110 Å². The summed E-state index contributed by atoms with van der Waals surface area (Å²) in [6, 6.07) is 0. The van der Waals surface area contributed by atoms with Gasteiger partial charge in [-0.3, -0.25) is 0 Å². The molecule has 0 aromatic heterocycles. The Morgan fingerprint density at radius 2 is 0.535 bits per heavy atom. The number of unbranched alkanes of at least 4 members (excludes halogenated alkanes) is 15. The molecule has 0 aliphatic carbocycles. The molecule has 0 saturated carbocycles. The Hall–Kier alpha value is -0.760. The van der Waals surface area contributed by atoms with Crippen LogP contribution in [0.2, 0.25) is 0 Å². The molecule has 0 amide bonds. The maximum atomic E-state index is 5.68. The van der Waals surface area contributed by atoms with Crippen LogP contribution in [0.3, 0.4) is 0 Å². The van der Waals surface area contributed by atoms with Crippen LogP contribution in [0, 0.1) is 12.3 Å². The molecule has 0 rings (SSSR count). The first kappa shape index (κ1) is 42.2. The molecule has 0 N–H and O–H groups in total. The van der Waals surface area contributed by atoms with Gasteiger partial charge in [-0.05, 0) is 6.42 Å². The maximum Gasteiger partial charge on any atom is 0.107 e. The molecular formula is C35H68O8. The Morgan fingerprint density at radius 1 is 0.302 bits per heavy atom. The van der Waals surface area contributed by atoms with Crippen LogP contribution in [-0.2, 0) is 37.9 Å². The lowest BCUT2D eigenvalue weighted by molar-refractivity contribution is -0.0225. The summed E-state index contributed by atoms with van der Waals surface area (Å²) >= 11 is 0. The standard InChI is InChI=1S/C35H68O8/c1-3-5-6-7-8-9-10-11-12-13-14-15-16-17-18-19-21-37-23-25-39-27-29-41-31-33-43-35-34-42-32-30-40-28-26-38-24-22-36-20-4-2/h2H,3,5-35H2,1H3. The topological polar surface area (TPSA) is 73.8 Å². The molecule has 0 unspecified atom stereocenters. The van der Waals surface area contributed by atoms with Crippen LogP contribution in [0.25, 0.3) is 0 Å². The van der Waals surface area contributed by atoms with E-state index in [0.717, 1.165) is 13.0 Å². The van der Waals surface area contributed by atoms with Crippen molar-refractivity contribution in [3.05, 3.63) is 0 Å². The molecule has 256 valence electrons. The van der Waals surface area contributed by atoms with E-state index in [1.54, 1.807) is 0 Å². The van der Waals surface area contributed by atoms with Gasteiger partial charge < -0.3 is 37.9 Å². The van der Waals surface area contributed by atoms with Gasteiger partial charge in [0.05, 0.1) is 92.5 Å². The van der Waals surface area contributed by atoms with Crippen molar-refractivity contribution in [3.8, 4) is 12.3 Å². The maximum absolute atomic E-state index is 5.68. The monoisotopic (exact) mass is 616 g/mol. The van der Waals surface area contributed by atoms with E-state index in [2.05, 4.69) is 12.8 Å². The average Bonchev–Trinajstić information content (AvgIpc) is 3.02. The molecule has 0 bridgehead atoms. The summed E-state index contributed by atoms with van der Waals surface area (Å²) in [6.07, 6.45) is 27.3. The predicted molar refractivity (Wildman–Crippen MR) is 175 cm³/mol. The van der Waals surface area contributed by atoms with Gasteiger partial charge in [0, 0.05) is 6.61 Å². The van der Waals surface area contributed by atoms with Crippen molar-refractivity contribution in [2.45, 2.75) is 110 Å². The second kappa shape index (κ2) is 41.2. The third-order valence-electron chi connectivity index (χ3n) is 6.93. The Morgan fingerprint density at radius 3 is 0.814 bits per heavy atom. The van der Waals surface area contributed by atoms with E-state index in [0.29, 0.717) is 99.1 Å². The molecule has 0 aliphatic heterocycles. The Kier molecular flexibility index (Phi) is 40.5. The second-order valence-electron chi connectivity index (χ2n) is 10.8. The van der Waals surface area contributed by atoms with Gasteiger partial charge in [-0.15, -0.1) is 6.42 Å². The molecule has 0 aromatic carbocycles. The van der Waals surface area contributed by atoms with E-state index in [-0.39, 0.29) is 0 Å². The highest BCUT2D eigenvalue weighted by atomic mass is 16.6. The van der Waals surface area contributed by atoms with Gasteiger partial charge in [0.2, 0.25) is 0 Å². The fraction of sp³-hybridized carbons (Fsp3) is 0.943. The molecule has 0 fully saturated rings. The Labute approximate surface area is 265 Å². The summed E-state index contributed by atoms with van der Waals surface area (Å²) in [5, 5.41) is 0. The van der Waals surface area contributed by atoms with Crippen molar-refractivity contribution in [3.63, 3.8) is 0 Å². The van der Waals surface area contributed by atoms with Crippen molar-refractivity contribution >= 4 is 0 Å². The number of rotatable bonds is 39. The van der Waals surface area contributed by atoms with Crippen molar-refractivity contribution in [1.82, 2.24) is 0 Å². The first-order chi connectivity index (χ1) is 21.4. The minimum Gasteiger partial charge on any atom is -0.379 e. The van der Waals surface area contributed by atoms with Crippen LogP contribution >= 0.6 is 0 Å². The van der Waals surface area contributed by atoms with Crippen LogP contribution < -0.4 is 0 Å². The molecule has 0 radical (unpaired) electrons. The number of hydrogen-bond acceptors (Lipinski definition) is 8. The van der Waals surface area contributed by atoms with Gasteiger partial charge in [-0.25, -0.2) is 0 Å². The molecule has 0 atom stereocenters. The van der Waals surface area contributed by atoms with Crippen LogP contribution in [0.4, 0.5) is 0 Å². The minimum atomic E-state index is 0.318. The highest BCUT2D eigenvalue weighted by Gasteiger charge is 1.97. The van der Waals surface area contributed by atoms with Crippen molar-refractivity contribution in [2.75, 3.05) is 106 Å². The van der Waals surface area contributed by atoms with Gasteiger partial charge in [0.15, 0.2) is 0 Å². The third-order valence-corrected chi connectivity index (χ3v) is 6.93. The van der Waals surface area contributed by atoms with Gasteiger partial charge in [-0.1, -0.05) is 109 Å². The molecule has 0 heterocycles. The zero-order chi connectivity index (χ0) is 31.0. The SMILES string of the molecule is C#CCOCCOCCOCCOCCOCCOCCOCCOCCCCCCCCCCCCCCCCCC. The van der Waals surface area contributed by atoms with Crippen LogP contribution in [0.15, 0.2) is 0 Å². The summed E-state index contributed by atoms with van der Waals surface area (Å²) < 4.78 is 43.6. The van der Waals surface area contributed by atoms with E-state index in [1.165, 1.54) is 96.3 Å². The molecule has 0 spiro atoms. The summed E-state index contributed by atoms with van der Waals surface area (Å²) in [5.41, 5.74) is 0. The first-order valence-electron chi connectivity index (χ1n) is 17.5. The highest BCUT2D eigenvalue weighted by molar-refractivity contribution is 4.82. The van der Waals surface area contributed by atoms with Gasteiger partial charge in [-0.2, -0.15) is 0 Å². The molecule has 0 aromatic rings. The zero-order valence-electron chi connectivity index (χ0n) is 28.0. The van der Waals surface area contributed by atoms with Gasteiger partial charge in [0.25, 0.3) is 0 Å². The summed E-state index contributed by atoms with van der Waals surface area (Å²) in [7, 11) is 0. The Bertz CT molecular complexity index is 528. The quantitative estimate of drug-likeness (QED) is 0.0539. The van der Waals surface area contributed by atoms with Gasteiger partial charge >= 0.3 is 0 Å². The number of ether oxygens (including phenoxy) is 8. The lowest BCUT2D eigenvalue weighted by Crippen LogP contribution is -2.15. The predicted octanol–water partition coefficient (Wildman–Crippen LogP) is 7.01. The third kappa shape index (κ3) is 41.2. The van der Waals surface area contributed by atoms with Crippen molar-refractivity contribution < 1.29 is 37.9 Å². The summed E-state index contributed by atoms with van der Waals surface area (Å²) in [5.74, 6) is 2.41. The van der Waals surface area contributed by atoms with E-state index in [4.69, 9.17) is 44.3 Å². The lowest BCUT2D eigenvalue weighted by atomic mass is 10.0. The molecule has 43 heavy (non-hydrogen) atoms. The molecule has 0 aliphatic rings. The normalized spacial score (nSPS) is 11.3. The van der Waals surface area contributed by atoms with E-state index < -0.39 is 0 Å². The van der Waals surface area contributed by atoms with Gasteiger partial charge in [0.1, 0.15) is 6.61 Å². The molecular weight excluding hydrogens is 548 g/mol. The smallest absolute Gasteiger partial charge is 0.107 e. The number of hydrogen-bond donors (Lipinski definition) is 0. The van der Waals surface area contributed by atoms with Crippen molar-refractivity contribution in [1.29, 1.82) is 0 Å². The summed E-state index contributed by atoms with van der Waals surface area (Å²) in [6.45, 7) is 11.2. The molecule has 0 saturated heterocycles. The molecule has 8 heteroatoms. The van der Waals surface area contributed by atoms with E-state index >= 15 is 0 Å². The average molecular weight is 617 g/mol. The highest BCUT2D eigenvalue weighted by Crippen LogP contribution is 2.13. The lowest BCUT2D eigenvalue weighted by Gasteiger charge is -2.08. The molecule has 8 nitrogen and oxygen atoms in total.